The van der Waals surface area contributed by atoms with Crippen molar-refractivity contribution in [2.24, 2.45) is 0 Å². The first kappa shape index (κ1) is 12.4. The zero-order valence-electron chi connectivity index (χ0n) is 10.9. The van der Waals surface area contributed by atoms with Gasteiger partial charge in [-0.1, -0.05) is 18.2 Å². The molecule has 1 aliphatic carbocycles. The van der Waals surface area contributed by atoms with Gasteiger partial charge in [0.15, 0.2) is 0 Å². The fourth-order valence-corrected chi connectivity index (χ4v) is 3.38. The second-order valence-corrected chi connectivity index (χ2v) is 6.46. The third-order valence-electron chi connectivity index (χ3n) is 3.71. The average molecular weight is 262 g/mol. The van der Waals surface area contributed by atoms with Gasteiger partial charge in [-0.25, -0.2) is 0 Å². The van der Waals surface area contributed by atoms with Gasteiger partial charge in [0.2, 0.25) is 0 Å². The number of hydrogen-bond acceptors (Lipinski definition) is 3. The zero-order valence-corrected chi connectivity index (χ0v) is 11.7. The highest BCUT2D eigenvalue weighted by molar-refractivity contribution is 7.99. The van der Waals surface area contributed by atoms with Crippen LogP contribution in [0.1, 0.15) is 24.8 Å². The van der Waals surface area contributed by atoms with Crippen LogP contribution in [0, 0.1) is 0 Å². The van der Waals surface area contributed by atoms with Crippen molar-refractivity contribution >= 4 is 17.4 Å². The lowest BCUT2D eigenvalue weighted by atomic mass is 10.1. The fraction of sp³-hybridized carbons (Fsp3) is 0.600. The van der Waals surface area contributed by atoms with Crippen LogP contribution in [0.3, 0.4) is 0 Å². The molecule has 0 radical (unpaired) electrons. The van der Waals surface area contributed by atoms with Crippen molar-refractivity contribution in [3.05, 3.63) is 29.8 Å². The molecule has 1 aliphatic heterocycles. The van der Waals surface area contributed by atoms with Crippen molar-refractivity contribution in [3.63, 3.8) is 0 Å². The van der Waals surface area contributed by atoms with Crippen LogP contribution in [-0.4, -0.2) is 30.6 Å². The molecule has 1 saturated carbocycles. The Balaban J connectivity index is 1.71. The molecule has 98 valence electrons. The zero-order chi connectivity index (χ0) is 12.2. The molecule has 1 heterocycles. The molecule has 0 amide bonds. The monoisotopic (exact) mass is 262 g/mol. The van der Waals surface area contributed by atoms with E-state index in [0.29, 0.717) is 0 Å². The van der Waals surface area contributed by atoms with Crippen molar-refractivity contribution in [1.29, 1.82) is 0 Å². The van der Waals surface area contributed by atoms with Gasteiger partial charge < -0.3 is 10.2 Å². The third-order valence-corrected chi connectivity index (χ3v) is 4.76. The maximum absolute atomic E-state index is 3.64. The molecule has 0 aromatic heterocycles. The number of nitrogens with zero attached hydrogens (tertiary/aromatic N) is 1. The molecule has 1 aromatic rings. The Kier molecular flexibility index (Phi) is 4.11. The van der Waals surface area contributed by atoms with Crippen LogP contribution in [0.5, 0.6) is 0 Å². The first-order chi connectivity index (χ1) is 8.93. The molecule has 2 nitrogen and oxygen atoms in total. The highest BCUT2D eigenvalue weighted by Crippen LogP contribution is 2.25. The molecule has 0 atom stereocenters. The minimum atomic E-state index is 0.790. The van der Waals surface area contributed by atoms with Crippen molar-refractivity contribution in [2.45, 2.75) is 31.8 Å². The number of anilines is 1. The number of para-hydroxylation sites is 1. The minimum absolute atomic E-state index is 0.790. The summed E-state index contributed by atoms with van der Waals surface area (Å²) < 4.78 is 0. The Bertz CT molecular complexity index is 382. The van der Waals surface area contributed by atoms with Gasteiger partial charge >= 0.3 is 0 Å². The van der Waals surface area contributed by atoms with E-state index < -0.39 is 0 Å². The average Bonchev–Trinajstić information content (AvgIpc) is 3.24. The third kappa shape index (κ3) is 3.21. The Morgan fingerprint density at radius 2 is 2.06 bits per heavy atom. The summed E-state index contributed by atoms with van der Waals surface area (Å²) in [6.07, 6.45) is 4.04. The molecule has 3 rings (SSSR count). The lowest BCUT2D eigenvalue weighted by molar-refractivity contribution is 0.683. The van der Waals surface area contributed by atoms with Crippen molar-refractivity contribution in [2.75, 3.05) is 29.5 Å². The van der Waals surface area contributed by atoms with Gasteiger partial charge in [-0.3, -0.25) is 0 Å². The molecule has 18 heavy (non-hydrogen) atoms. The Hall–Kier alpha value is -0.670. The summed E-state index contributed by atoms with van der Waals surface area (Å²) >= 11 is 2.09. The van der Waals surface area contributed by atoms with Crippen LogP contribution in [-0.2, 0) is 6.54 Å². The van der Waals surface area contributed by atoms with Crippen LogP contribution in [0.15, 0.2) is 24.3 Å². The second-order valence-electron chi connectivity index (χ2n) is 5.24. The van der Waals surface area contributed by atoms with Crippen molar-refractivity contribution < 1.29 is 0 Å². The summed E-state index contributed by atoms with van der Waals surface area (Å²) in [5.74, 6) is 2.59. The summed E-state index contributed by atoms with van der Waals surface area (Å²) in [6, 6.07) is 9.70. The lowest BCUT2D eigenvalue weighted by Crippen LogP contribution is -2.27. The molecule has 2 aliphatic rings. The number of benzene rings is 1. The second kappa shape index (κ2) is 5.98. The smallest absolute Gasteiger partial charge is 0.0412 e. The summed E-state index contributed by atoms with van der Waals surface area (Å²) in [5, 5.41) is 3.64. The Labute approximate surface area is 114 Å². The molecule has 1 N–H and O–H groups in total. The first-order valence-electron chi connectivity index (χ1n) is 7.07. The highest BCUT2D eigenvalue weighted by atomic mass is 32.2. The summed E-state index contributed by atoms with van der Waals surface area (Å²) in [7, 11) is 0. The molecule has 0 unspecified atom stereocenters. The van der Waals surface area contributed by atoms with Crippen LogP contribution < -0.4 is 10.2 Å². The molecule has 2 fully saturated rings. The van der Waals surface area contributed by atoms with Gasteiger partial charge in [0.25, 0.3) is 0 Å². The first-order valence-corrected chi connectivity index (χ1v) is 8.23. The summed E-state index contributed by atoms with van der Waals surface area (Å²) in [6.45, 7) is 3.45. The van der Waals surface area contributed by atoms with Gasteiger partial charge in [0.1, 0.15) is 0 Å². The molecule has 3 heteroatoms. The van der Waals surface area contributed by atoms with Crippen molar-refractivity contribution in [1.82, 2.24) is 5.32 Å². The normalized spacial score (nSPS) is 20.8. The highest BCUT2D eigenvalue weighted by Gasteiger charge is 2.21. The molecule has 1 aromatic carbocycles. The van der Waals surface area contributed by atoms with E-state index in [0.717, 1.165) is 12.6 Å². The van der Waals surface area contributed by atoms with Gasteiger partial charge in [0.05, 0.1) is 0 Å². The van der Waals surface area contributed by atoms with E-state index in [9.17, 15) is 0 Å². The molecular weight excluding hydrogens is 240 g/mol. The minimum Gasteiger partial charge on any atom is -0.370 e. The maximum atomic E-state index is 3.64. The van der Waals surface area contributed by atoms with E-state index in [1.807, 2.05) is 0 Å². The number of nitrogens with one attached hydrogen (secondary N) is 1. The maximum Gasteiger partial charge on any atom is 0.0412 e. The molecular formula is C15H22N2S. The molecule has 1 saturated heterocycles. The Morgan fingerprint density at radius 3 is 2.94 bits per heavy atom. The topological polar surface area (TPSA) is 15.3 Å². The lowest BCUT2D eigenvalue weighted by Gasteiger charge is -2.25. The molecule has 0 bridgehead atoms. The quantitative estimate of drug-likeness (QED) is 0.898. The number of hydrogen-bond donors (Lipinski definition) is 1. The van der Waals surface area contributed by atoms with Gasteiger partial charge in [-0.15, -0.1) is 0 Å². The standard InChI is InChI=1S/C15H22N2S/c1-2-5-15(17-8-3-10-18-11-9-17)13(4-1)12-16-14-6-7-14/h1-2,4-5,14,16H,3,6-12H2. The SMILES string of the molecule is c1ccc(N2CCCSCC2)c(CNC2CC2)c1. The van der Waals surface area contributed by atoms with Crippen LogP contribution in [0.25, 0.3) is 0 Å². The largest absolute Gasteiger partial charge is 0.370 e. The van der Waals surface area contributed by atoms with Crippen LogP contribution in [0.2, 0.25) is 0 Å². The predicted molar refractivity (Wildman–Crippen MR) is 80.5 cm³/mol. The number of rotatable bonds is 4. The Morgan fingerprint density at radius 1 is 1.17 bits per heavy atom. The molecule has 0 spiro atoms. The summed E-state index contributed by atoms with van der Waals surface area (Å²) in [5.41, 5.74) is 2.92. The van der Waals surface area contributed by atoms with E-state index in [2.05, 4.69) is 46.2 Å². The van der Waals surface area contributed by atoms with E-state index in [4.69, 9.17) is 0 Å². The van der Waals surface area contributed by atoms with E-state index in [-0.39, 0.29) is 0 Å². The van der Waals surface area contributed by atoms with Crippen LogP contribution in [0.4, 0.5) is 5.69 Å². The van der Waals surface area contributed by atoms with E-state index in [1.165, 1.54) is 55.1 Å². The summed E-state index contributed by atoms with van der Waals surface area (Å²) in [4.78, 5) is 2.57. The van der Waals surface area contributed by atoms with Gasteiger partial charge in [0, 0.05) is 37.1 Å². The predicted octanol–water partition coefficient (Wildman–Crippen LogP) is 2.88. The van der Waals surface area contributed by atoms with Crippen molar-refractivity contribution in [3.8, 4) is 0 Å². The van der Waals surface area contributed by atoms with Gasteiger partial charge in [-0.05, 0) is 36.6 Å². The van der Waals surface area contributed by atoms with E-state index >= 15 is 0 Å². The van der Waals surface area contributed by atoms with Gasteiger partial charge in [-0.2, -0.15) is 11.8 Å². The van der Waals surface area contributed by atoms with Crippen LogP contribution >= 0.6 is 11.8 Å². The van der Waals surface area contributed by atoms with E-state index in [1.54, 1.807) is 0 Å². The fourth-order valence-electron chi connectivity index (χ4n) is 2.50. The number of thioether (sulfide) groups is 1.